The van der Waals surface area contributed by atoms with Crippen molar-refractivity contribution in [3.63, 3.8) is 0 Å². The van der Waals surface area contributed by atoms with Gasteiger partial charge in [-0.1, -0.05) is 19.3 Å². The molecule has 2 aliphatic rings. The minimum atomic E-state index is -1.01. The smallest absolute Gasteiger partial charge is 0.415 e. The van der Waals surface area contributed by atoms with Crippen molar-refractivity contribution in [1.29, 1.82) is 0 Å². The number of hydrogen-bond donors (Lipinski definition) is 2. The zero-order valence-electron chi connectivity index (χ0n) is 25.1. The van der Waals surface area contributed by atoms with E-state index in [9.17, 15) is 19.2 Å². The molecule has 1 saturated carbocycles. The SMILES string of the molecule is CC(C)(C)C(=O)OCOC(=O)Nc1ncnn2c([C@@]3(C)C[C@H](OC(=O)CN)[C@@H](COC(=O)CC4CCCCC4)O3)ccc12. The monoisotopic (exact) mass is 603 g/mol. The van der Waals surface area contributed by atoms with Crippen molar-refractivity contribution in [2.75, 3.05) is 25.3 Å². The van der Waals surface area contributed by atoms with Gasteiger partial charge in [0.2, 0.25) is 6.79 Å². The number of anilines is 1. The number of nitrogens with two attached hydrogens (primary N) is 1. The summed E-state index contributed by atoms with van der Waals surface area (Å²) >= 11 is 0. The second-order valence-corrected chi connectivity index (χ2v) is 12.2. The number of amides is 1. The van der Waals surface area contributed by atoms with Crippen LogP contribution in [0, 0.1) is 11.3 Å². The van der Waals surface area contributed by atoms with Crippen molar-refractivity contribution >= 4 is 35.3 Å². The molecule has 14 nitrogen and oxygen atoms in total. The van der Waals surface area contributed by atoms with Crippen LogP contribution in [0.5, 0.6) is 0 Å². The summed E-state index contributed by atoms with van der Waals surface area (Å²) in [5, 5.41) is 6.85. The van der Waals surface area contributed by atoms with Crippen molar-refractivity contribution < 1.29 is 42.9 Å². The highest BCUT2D eigenvalue weighted by Crippen LogP contribution is 2.41. The fraction of sp³-hybridized carbons (Fsp3) is 0.655. The predicted octanol–water partition coefficient (Wildman–Crippen LogP) is 3.21. The molecule has 2 aromatic heterocycles. The summed E-state index contributed by atoms with van der Waals surface area (Å²) in [6.45, 7) is 5.92. The number of carbonyl (C=O) groups excluding carboxylic acids is 4. The van der Waals surface area contributed by atoms with Gasteiger partial charge in [0.1, 0.15) is 36.3 Å². The van der Waals surface area contributed by atoms with Crippen molar-refractivity contribution in [2.45, 2.75) is 90.4 Å². The summed E-state index contributed by atoms with van der Waals surface area (Å²) in [6, 6.07) is 3.45. The second kappa shape index (κ2) is 13.7. The highest BCUT2D eigenvalue weighted by Gasteiger charge is 2.48. The second-order valence-electron chi connectivity index (χ2n) is 12.2. The van der Waals surface area contributed by atoms with Crippen LogP contribution in [0.3, 0.4) is 0 Å². The van der Waals surface area contributed by atoms with Crippen LogP contribution in [0.2, 0.25) is 0 Å². The lowest BCUT2D eigenvalue weighted by Gasteiger charge is -2.24. The molecule has 3 atom stereocenters. The molecule has 0 spiro atoms. The molecule has 1 aliphatic carbocycles. The van der Waals surface area contributed by atoms with Gasteiger partial charge in [-0.2, -0.15) is 5.10 Å². The van der Waals surface area contributed by atoms with Gasteiger partial charge < -0.3 is 29.4 Å². The number of rotatable bonds is 10. The van der Waals surface area contributed by atoms with E-state index >= 15 is 0 Å². The van der Waals surface area contributed by atoms with E-state index in [1.807, 2.05) is 6.92 Å². The zero-order chi connectivity index (χ0) is 31.2. The molecule has 236 valence electrons. The van der Waals surface area contributed by atoms with Gasteiger partial charge in [-0.25, -0.2) is 14.3 Å². The summed E-state index contributed by atoms with van der Waals surface area (Å²) in [4.78, 5) is 53.1. The molecule has 3 heterocycles. The number of esters is 3. The molecule has 0 bridgehead atoms. The maximum absolute atomic E-state index is 12.6. The molecular formula is C29H41N5O9. The Balaban J connectivity index is 1.44. The number of nitrogens with zero attached hydrogens (tertiary/aromatic N) is 3. The van der Waals surface area contributed by atoms with Crippen LogP contribution in [-0.4, -0.2) is 70.8 Å². The van der Waals surface area contributed by atoms with Crippen LogP contribution >= 0.6 is 0 Å². The molecule has 0 unspecified atom stereocenters. The molecule has 3 N–H and O–H groups in total. The van der Waals surface area contributed by atoms with Crippen LogP contribution in [-0.2, 0) is 43.7 Å². The quantitative estimate of drug-likeness (QED) is 0.230. The molecule has 43 heavy (non-hydrogen) atoms. The maximum atomic E-state index is 12.6. The fourth-order valence-corrected chi connectivity index (χ4v) is 5.39. The zero-order valence-corrected chi connectivity index (χ0v) is 25.1. The number of aromatic nitrogens is 3. The highest BCUT2D eigenvalue weighted by atomic mass is 16.7. The Hall–Kier alpha value is -3.78. The first-order valence-corrected chi connectivity index (χ1v) is 14.6. The van der Waals surface area contributed by atoms with Gasteiger partial charge in [0.25, 0.3) is 0 Å². The third kappa shape index (κ3) is 8.20. The van der Waals surface area contributed by atoms with Crippen LogP contribution in [0.4, 0.5) is 10.6 Å². The first-order valence-electron chi connectivity index (χ1n) is 14.6. The summed E-state index contributed by atoms with van der Waals surface area (Å²) in [5.74, 6) is -0.943. The Kier molecular flexibility index (Phi) is 10.2. The van der Waals surface area contributed by atoms with Crippen LogP contribution < -0.4 is 11.1 Å². The van der Waals surface area contributed by atoms with E-state index in [2.05, 4.69) is 15.4 Å². The van der Waals surface area contributed by atoms with E-state index < -0.39 is 48.0 Å². The minimum absolute atomic E-state index is 0.0829. The van der Waals surface area contributed by atoms with Crippen LogP contribution in [0.1, 0.15) is 78.3 Å². The fourth-order valence-electron chi connectivity index (χ4n) is 5.39. The third-order valence-electron chi connectivity index (χ3n) is 7.66. The van der Waals surface area contributed by atoms with Crippen molar-refractivity contribution in [3.05, 3.63) is 24.2 Å². The lowest BCUT2D eigenvalue weighted by atomic mass is 9.87. The van der Waals surface area contributed by atoms with Gasteiger partial charge in [0, 0.05) is 12.8 Å². The summed E-state index contributed by atoms with van der Waals surface area (Å²) in [7, 11) is 0. The average molecular weight is 604 g/mol. The molecule has 0 aromatic carbocycles. The molecular weight excluding hydrogens is 562 g/mol. The first kappa shape index (κ1) is 32.1. The van der Waals surface area contributed by atoms with E-state index in [4.69, 9.17) is 29.4 Å². The summed E-state index contributed by atoms with van der Waals surface area (Å²) < 4.78 is 29.0. The van der Waals surface area contributed by atoms with Crippen LogP contribution in [0.15, 0.2) is 18.5 Å². The standard InChI is InChI=1S/C29H41N5O9/c1-28(2,3)26(37)40-17-41-27(38)33-25-19-10-11-22(34(19)32-16-31-25)29(4)13-20(42-24(36)14-30)21(43-29)15-39-23(35)12-18-8-6-5-7-9-18/h10-11,16,18,20-21H,5-9,12-15,17,30H2,1-4H3,(H,31,32,33,38)/t20-,21+,29+/m0/s1. The molecule has 14 heteroatoms. The predicted molar refractivity (Wildman–Crippen MR) is 151 cm³/mol. The van der Waals surface area contributed by atoms with Gasteiger partial charge in [0.05, 0.1) is 17.7 Å². The number of ether oxygens (including phenoxy) is 5. The first-order chi connectivity index (χ1) is 20.4. The van der Waals surface area contributed by atoms with Crippen molar-refractivity contribution in [1.82, 2.24) is 14.6 Å². The minimum Gasteiger partial charge on any atom is -0.463 e. The molecule has 2 aromatic rings. The van der Waals surface area contributed by atoms with Gasteiger partial charge in [0.15, 0.2) is 5.82 Å². The summed E-state index contributed by atoms with van der Waals surface area (Å²) in [5.41, 5.74) is 4.76. The Labute approximate surface area is 249 Å². The lowest BCUT2D eigenvalue weighted by molar-refractivity contribution is -0.161. The number of fused-ring (bicyclic) bond motifs is 1. The Bertz CT molecular complexity index is 1320. The van der Waals surface area contributed by atoms with Crippen molar-refractivity contribution in [3.8, 4) is 0 Å². The molecule has 1 saturated heterocycles. The van der Waals surface area contributed by atoms with E-state index in [-0.39, 0.29) is 31.4 Å². The number of nitrogens with one attached hydrogen (secondary N) is 1. The summed E-state index contributed by atoms with van der Waals surface area (Å²) in [6.07, 6.45) is 5.00. The lowest BCUT2D eigenvalue weighted by Crippen LogP contribution is -2.34. The molecule has 1 amide bonds. The largest absolute Gasteiger partial charge is 0.463 e. The Morgan fingerprint density at radius 2 is 1.84 bits per heavy atom. The average Bonchev–Trinajstić information content (AvgIpc) is 3.54. The van der Waals surface area contributed by atoms with E-state index in [0.717, 1.165) is 25.7 Å². The normalized spacial score (nSPS) is 22.6. The van der Waals surface area contributed by atoms with Gasteiger partial charge in [-0.05, 0) is 58.6 Å². The van der Waals surface area contributed by atoms with Gasteiger partial charge >= 0.3 is 24.0 Å². The topological polar surface area (TPSA) is 183 Å². The number of carbonyl (C=O) groups is 4. The van der Waals surface area contributed by atoms with Crippen molar-refractivity contribution in [2.24, 2.45) is 17.1 Å². The maximum Gasteiger partial charge on any atom is 0.415 e. The van der Waals surface area contributed by atoms with Gasteiger partial charge in [-0.3, -0.25) is 19.7 Å². The number of hydrogen-bond acceptors (Lipinski definition) is 12. The molecule has 2 fully saturated rings. The van der Waals surface area contributed by atoms with E-state index in [1.54, 1.807) is 37.4 Å². The third-order valence-corrected chi connectivity index (χ3v) is 7.66. The Morgan fingerprint density at radius 3 is 2.53 bits per heavy atom. The van der Waals surface area contributed by atoms with E-state index in [1.165, 1.54) is 12.7 Å². The van der Waals surface area contributed by atoms with Gasteiger partial charge in [-0.15, -0.1) is 0 Å². The molecule has 4 rings (SSSR count). The van der Waals surface area contributed by atoms with Crippen LogP contribution in [0.25, 0.3) is 5.52 Å². The molecule has 0 radical (unpaired) electrons. The molecule has 1 aliphatic heterocycles. The Morgan fingerprint density at radius 1 is 1.09 bits per heavy atom. The van der Waals surface area contributed by atoms with E-state index in [0.29, 0.717) is 23.5 Å². The highest BCUT2D eigenvalue weighted by molar-refractivity contribution is 5.88.